The number of hydrogen-bond donors (Lipinski definition) is 1. The molecule has 2 aromatic carbocycles. The summed E-state index contributed by atoms with van der Waals surface area (Å²) in [4.78, 5) is 3.46. The molecule has 0 amide bonds. The third-order valence-electron chi connectivity index (χ3n) is 4.79. The van der Waals surface area contributed by atoms with Crippen molar-refractivity contribution < 1.29 is 0 Å². The molecule has 0 spiro atoms. The first kappa shape index (κ1) is 12.3. The molecule has 3 aromatic rings. The highest BCUT2D eigenvalue weighted by atomic mass is 35.5. The second-order valence-electron chi connectivity index (χ2n) is 6.68. The molecule has 102 valence electrons. The lowest BCUT2D eigenvalue weighted by atomic mass is 10.0. The van der Waals surface area contributed by atoms with E-state index in [1.165, 1.54) is 33.8 Å². The van der Waals surface area contributed by atoms with E-state index < -0.39 is 0 Å². The first-order valence-corrected chi connectivity index (χ1v) is 7.64. The van der Waals surface area contributed by atoms with Gasteiger partial charge in [0.05, 0.1) is 5.38 Å². The third-order valence-corrected chi connectivity index (χ3v) is 5.35. The van der Waals surface area contributed by atoms with Crippen LogP contribution in [0.4, 0.5) is 0 Å². The minimum atomic E-state index is 0.128. The molecule has 1 saturated carbocycles. The molecule has 2 unspecified atom stereocenters. The summed E-state index contributed by atoms with van der Waals surface area (Å²) in [5, 5.41) is 2.69. The third kappa shape index (κ3) is 1.76. The van der Waals surface area contributed by atoms with Crippen molar-refractivity contribution in [1.82, 2.24) is 4.98 Å². The second kappa shape index (κ2) is 4.02. The average Bonchev–Trinajstić information content (AvgIpc) is 2.93. The topological polar surface area (TPSA) is 15.8 Å². The number of rotatable bonds is 2. The van der Waals surface area contributed by atoms with Gasteiger partial charge in [-0.05, 0) is 41.5 Å². The van der Waals surface area contributed by atoms with Crippen LogP contribution in [0.25, 0.3) is 21.8 Å². The maximum atomic E-state index is 6.70. The van der Waals surface area contributed by atoms with E-state index in [9.17, 15) is 0 Å². The fraction of sp³-hybridized carbons (Fsp3) is 0.333. The van der Waals surface area contributed by atoms with Crippen LogP contribution in [0.3, 0.4) is 0 Å². The summed E-state index contributed by atoms with van der Waals surface area (Å²) < 4.78 is 0. The Kier molecular flexibility index (Phi) is 2.47. The smallest absolute Gasteiger partial charge is 0.0618 e. The van der Waals surface area contributed by atoms with Crippen LogP contribution in [0, 0.1) is 11.3 Å². The van der Waals surface area contributed by atoms with Gasteiger partial charge in [0.1, 0.15) is 0 Å². The van der Waals surface area contributed by atoms with Crippen molar-refractivity contribution in [3.8, 4) is 0 Å². The molecule has 1 nitrogen and oxygen atoms in total. The van der Waals surface area contributed by atoms with Crippen molar-refractivity contribution in [1.29, 1.82) is 0 Å². The molecular weight excluding hydrogens is 266 g/mol. The van der Waals surface area contributed by atoms with Crippen molar-refractivity contribution in [2.45, 2.75) is 25.6 Å². The molecule has 2 heteroatoms. The molecule has 1 aliphatic carbocycles. The van der Waals surface area contributed by atoms with E-state index in [1.807, 2.05) is 0 Å². The average molecular weight is 284 g/mol. The van der Waals surface area contributed by atoms with Crippen LogP contribution in [0.1, 0.15) is 31.2 Å². The van der Waals surface area contributed by atoms with Gasteiger partial charge in [0.25, 0.3) is 0 Å². The summed E-state index contributed by atoms with van der Waals surface area (Å²) in [6.07, 6.45) is 1.23. The van der Waals surface area contributed by atoms with Crippen LogP contribution in [-0.2, 0) is 0 Å². The Morgan fingerprint density at radius 2 is 1.80 bits per heavy atom. The monoisotopic (exact) mass is 283 g/mol. The molecule has 0 saturated heterocycles. The van der Waals surface area contributed by atoms with Crippen molar-refractivity contribution in [3.63, 3.8) is 0 Å². The number of benzene rings is 2. The number of nitrogens with one attached hydrogen (secondary N) is 1. The fourth-order valence-corrected chi connectivity index (χ4v) is 3.84. The second-order valence-corrected chi connectivity index (χ2v) is 7.15. The summed E-state index contributed by atoms with van der Waals surface area (Å²) in [7, 11) is 0. The molecule has 4 rings (SSSR count). The number of halogens is 1. The predicted octanol–water partition coefficient (Wildman–Crippen LogP) is 5.65. The minimum Gasteiger partial charge on any atom is -0.355 e. The summed E-state index contributed by atoms with van der Waals surface area (Å²) in [6.45, 7) is 4.61. The molecule has 20 heavy (non-hydrogen) atoms. The van der Waals surface area contributed by atoms with E-state index in [2.05, 4.69) is 61.3 Å². The van der Waals surface area contributed by atoms with Crippen LogP contribution < -0.4 is 0 Å². The number of aromatic amines is 1. The van der Waals surface area contributed by atoms with Gasteiger partial charge in [0, 0.05) is 21.8 Å². The fourth-order valence-electron chi connectivity index (χ4n) is 3.28. The number of fused-ring (bicyclic) bond motifs is 3. The highest BCUT2D eigenvalue weighted by Gasteiger charge is 2.49. The van der Waals surface area contributed by atoms with Gasteiger partial charge in [-0.2, -0.15) is 0 Å². The van der Waals surface area contributed by atoms with Gasteiger partial charge < -0.3 is 4.98 Å². The normalized spacial score (nSPS) is 22.2. The zero-order chi connectivity index (χ0) is 13.9. The minimum absolute atomic E-state index is 0.128. The van der Waals surface area contributed by atoms with Gasteiger partial charge in [-0.1, -0.05) is 38.1 Å². The number of alkyl halides is 1. The van der Waals surface area contributed by atoms with E-state index in [-0.39, 0.29) is 5.38 Å². The number of aromatic nitrogens is 1. The molecule has 2 atom stereocenters. The van der Waals surface area contributed by atoms with E-state index in [4.69, 9.17) is 11.6 Å². The SMILES string of the molecule is CC1(C)CC1C(Cl)c1ccc2[nH]c3ccccc3c2c1. The molecule has 1 aromatic heterocycles. The summed E-state index contributed by atoms with van der Waals surface area (Å²) in [6, 6.07) is 15.0. The lowest BCUT2D eigenvalue weighted by Gasteiger charge is -2.12. The molecule has 1 heterocycles. The van der Waals surface area contributed by atoms with Crippen molar-refractivity contribution in [2.24, 2.45) is 11.3 Å². The van der Waals surface area contributed by atoms with E-state index >= 15 is 0 Å². The Bertz CT molecular complexity index is 799. The molecule has 1 aliphatic rings. The van der Waals surface area contributed by atoms with E-state index in [1.54, 1.807) is 0 Å². The Labute approximate surface area is 123 Å². The van der Waals surface area contributed by atoms with Gasteiger partial charge in [-0.3, -0.25) is 0 Å². The Hall–Kier alpha value is -1.47. The molecule has 0 bridgehead atoms. The van der Waals surface area contributed by atoms with Crippen LogP contribution in [0.2, 0.25) is 0 Å². The van der Waals surface area contributed by atoms with E-state index in [0.717, 1.165) is 0 Å². The highest BCUT2D eigenvalue weighted by Crippen LogP contribution is 2.60. The Balaban J connectivity index is 1.84. The summed E-state index contributed by atoms with van der Waals surface area (Å²) in [5.41, 5.74) is 4.03. The zero-order valence-corrected chi connectivity index (χ0v) is 12.5. The molecule has 0 radical (unpaired) electrons. The van der Waals surface area contributed by atoms with Gasteiger partial charge in [-0.15, -0.1) is 11.6 Å². The van der Waals surface area contributed by atoms with Crippen molar-refractivity contribution in [3.05, 3.63) is 48.0 Å². The summed E-state index contributed by atoms with van der Waals surface area (Å²) >= 11 is 6.70. The lowest BCUT2D eigenvalue weighted by molar-refractivity contribution is 0.548. The molecular formula is C18H18ClN. The van der Waals surface area contributed by atoms with Crippen molar-refractivity contribution in [2.75, 3.05) is 0 Å². The largest absolute Gasteiger partial charge is 0.355 e. The first-order valence-electron chi connectivity index (χ1n) is 7.21. The van der Waals surface area contributed by atoms with Gasteiger partial charge in [0.15, 0.2) is 0 Å². The van der Waals surface area contributed by atoms with Crippen LogP contribution in [0.5, 0.6) is 0 Å². The van der Waals surface area contributed by atoms with Gasteiger partial charge in [-0.25, -0.2) is 0 Å². The molecule has 1 fully saturated rings. The predicted molar refractivity (Wildman–Crippen MR) is 86.3 cm³/mol. The van der Waals surface area contributed by atoms with Crippen molar-refractivity contribution >= 4 is 33.4 Å². The maximum Gasteiger partial charge on any atom is 0.0618 e. The van der Waals surface area contributed by atoms with Gasteiger partial charge >= 0.3 is 0 Å². The van der Waals surface area contributed by atoms with E-state index in [0.29, 0.717) is 11.3 Å². The number of hydrogen-bond acceptors (Lipinski definition) is 0. The Morgan fingerprint density at radius 1 is 1.10 bits per heavy atom. The van der Waals surface area contributed by atoms with Gasteiger partial charge in [0.2, 0.25) is 0 Å². The Morgan fingerprint density at radius 3 is 2.55 bits per heavy atom. The highest BCUT2D eigenvalue weighted by molar-refractivity contribution is 6.21. The quantitative estimate of drug-likeness (QED) is 0.585. The zero-order valence-electron chi connectivity index (χ0n) is 11.8. The molecule has 0 aliphatic heterocycles. The number of H-pyrrole nitrogens is 1. The maximum absolute atomic E-state index is 6.70. The number of para-hydroxylation sites is 1. The van der Waals surface area contributed by atoms with Crippen LogP contribution >= 0.6 is 11.6 Å². The first-order chi connectivity index (χ1) is 9.56. The molecule has 1 N–H and O–H groups in total. The summed E-state index contributed by atoms with van der Waals surface area (Å²) in [5.74, 6) is 0.604. The van der Waals surface area contributed by atoms with Crippen LogP contribution in [-0.4, -0.2) is 4.98 Å². The standard InChI is InChI=1S/C18H18ClN/c1-18(2)10-14(18)17(19)11-7-8-16-13(9-11)12-5-3-4-6-15(12)20-16/h3-9,14,17,20H,10H2,1-2H3. The lowest BCUT2D eigenvalue weighted by Crippen LogP contribution is -1.99. The van der Waals surface area contributed by atoms with Crippen LogP contribution in [0.15, 0.2) is 42.5 Å².